The number of amides is 3. The number of thioether (sulfide) groups is 1. The van der Waals surface area contributed by atoms with Crippen LogP contribution in [0.4, 0.5) is 0 Å². The van der Waals surface area contributed by atoms with Crippen molar-refractivity contribution in [3.63, 3.8) is 0 Å². The molecule has 0 spiro atoms. The molecule has 3 aromatic carbocycles. The molecule has 4 atom stereocenters. The number of para-hydroxylation sites is 1. The van der Waals surface area contributed by atoms with Crippen LogP contribution in [0.2, 0.25) is 0 Å². The number of aliphatic hydroxyl groups excluding tert-OH is 1. The van der Waals surface area contributed by atoms with Gasteiger partial charge in [0.15, 0.2) is 6.61 Å². The van der Waals surface area contributed by atoms with Crippen molar-refractivity contribution in [2.45, 2.75) is 82.6 Å². The maximum atomic E-state index is 13.9. The van der Waals surface area contributed by atoms with E-state index in [1.807, 2.05) is 125 Å². The minimum atomic E-state index is -1.03. The first-order valence-electron chi connectivity index (χ1n) is 17.4. The van der Waals surface area contributed by atoms with Crippen LogP contribution in [0.15, 0.2) is 108 Å². The summed E-state index contributed by atoms with van der Waals surface area (Å²) in [6, 6.07) is 28.8. The Balaban J connectivity index is 1.49. The van der Waals surface area contributed by atoms with Gasteiger partial charge in [0.05, 0.1) is 22.9 Å². The van der Waals surface area contributed by atoms with Crippen LogP contribution in [0.25, 0.3) is 0 Å². The topological polar surface area (TPSA) is 130 Å². The molecule has 0 bridgehead atoms. The fourth-order valence-corrected chi connectivity index (χ4v) is 6.60. The third-order valence-corrected chi connectivity index (χ3v) is 9.35. The Morgan fingerprint density at radius 2 is 1.37 bits per heavy atom. The second kappa shape index (κ2) is 20.2. The predicted molar refractivity (Wildman–Crippen MR) is 203 cm³/mol. The number of aromatic nitrogens is 1. The molecule has 0 aliphatic rings. The highest BCUT2D eigenvalue weighted by Crippen LogP contribution is 2.22. The van der Waals surface area contributed by atoms with Gasteiger partial charge in [0.2, 0.25) is 11.8 Å². The van der Waals surface area contributed by atoms with Crippen molar-refractivity contribution >= 4 is 29.5 Å². The van der Waals surface area contributed by atoms with E-state index in [1.165, 1.54) is 11.8 Å². The number of nitrogens with zero attached hydrogens (tertiary/aromatic N) is 1. The molecule has 3 amide bonds. The number of carbonyl (C=O) groups excluding carboxylic acids is 3. The minimum absolute atomic E-state index is 0.114. The number of hydrogen-bond acceptors (Lipinski definition) is 7. The highest BCUT2D eigenvalue weighted by molar-refractivity contribution is 7.99. The van der Waals surface area contributed by atoms with Gasteiger partial charge >= 0.3 is 0 Å². The Bertz CT molecular complexity index is 1650. The summed E-state index contributed by atoms with van der Waals surface area (Å²) < 4.78 is 5.93. The van der Waals surface area contributed by atoms with Crippen molar-refractivity contribution in [1.82, 2.24) is 20.9 Å². The first kappa shape index (κ1) is 39.1. The molecular formula is C41H50N4O5S. The number of benzene rings is 3. The summed E-state index contributed by atoms with van der Waals surface area (Å²) in [7, 11) is 0. The lowest BCUT2D eigenvalue weighted by Gasteiger charge is -2.30. The van der Waals surface area contributed by atoms with Crippen LogP contribution in [0, 0.1) is 19.8 Å². The lowest BCUT2D eigenvalue weighted by Crippen LogP contribution is -2.55. The van der Waals surface area contributed by atoms with E-state index in [1.54, 1.807) is 6.20 Å². The number of aryl methyl sites for hydroxylation is 2. The Hall–Kier alpha value is -4.67. The summed E-state index contributed by atoms with van der Waals surface area (Å²) in [5, 5.41) is 21.6. The average Bonchev–Trinajstić information content (AvgIpc) is 3.11. The minimum Gasteiger partial charge on any atom is -0.483 e. The van der Waals surface area contributed by atoms with E-state index in [9.17, 15) is 19.5 Å². The van der Waals surface area contributed by atoms with E-state index < -0.39 is 24.2 Å². The highest BCUT2D eigenvalue weighted by Gasteiger charge is 2.30. The fraction of sp³-hybridized carbons (Fsp3) is 0.366. The molecule has 0 fully saturated rings. The average molecular weight is 711 g/mol. The molecule has 1 aromatic heterocycles. The molecule has 1 heterocycles. The summed E-state index contributed by atoms with van der Waals surface area (Å²) in [6.07, 6.45) is 2.06. The molecule has 0 saturated carbocycles. The van der Waals surface area contributed by atoms with Crippen molar-refractivity contribution in [3.8, 4) is 5.75 Å². The molecular weight excluding hydrogens is 661 g/mol. The number of aliphatic hydroxyl groups is 1. The molecule has 0 aliphatic heterocycles. The number of rotatable bonds is 19. The van der Waals surface area contributed by atoms with Crippen LogP contribution in [0.5, 0.6) is 5.75 Å². The van der Waals surface area contributed by atoms with Crippen molar-refractivity contribution in [2.24, 2.45) is 5.92 Å². The molecule has 9 nitrogen and oxygen atoms in total. The van der Waals surface area contributed by atoms with E-state index in [-0.39, 0.29) is 42.4 Å². The zero-order valence-corrected chi connectivity index (χ0v) is 30.7. The van der Waals surface area contributed by atoms with Crippen LogP contribution in [0.1, 0.15) is 48.9 Å². The van der Waals surface area contributed by atoms with E-state index in [0.717, 1.165) is 27.3 Å². The Morgan fingerprint density at radius 1 is 0.745 bits per heavy atom. The van der Waals surface area contributed by atoms with Crippen LogP contribution in [-0.2, 0) is 27.2 Å². The van der Waals surface area contributed by atoms with Crippen LogP contribution >= 0.6 is 11.8 Å². The maximum absolute atomic E-state index is 13.9. The lowest BCUT2D eigenvalue weighted by molar-refractivity contribution is -0.129. The van der Waals surface area contributed by atoms with Gasteiger partial charge in [0.25, 0.3) is 5.91 Å². The Morgan fingerprint density at radius 3 is 1.98 bits per heavy atom. The second-order valence-corrected chi connectivity index (χ2v) is 14.3. The predicted octanol–water partition coefficient (Wildman–Crippen LogP) is 5.61. The summed E-state index contributed by atoms with van der Waals surface area (Å²) in [6.45, 7) is 7.69. The summed E-state index contributed by atoms with van der Waals surface area (Å²) in [5.41, 5.74) is 3.82. The van der Waals surface area contributed by atoms with Crippen molar-refractivity contribution in [1.29, 1.82) is 0 Å². The van der Waals surface area contributed by atoms with Gasteiger partial charge < -0.3 is 25.8 Å². The number of ether oxygens (including phenoxy) is 1. The van der Waals surface area contributed by atoms with Crippen molar-refractivity contribution in [3.05, 3.63) is 126 Å². The Kier molecular flexibility index (Phi) is 15.5. The third-order valence-electron chi connectivity index (χ3n) is 8.41. The smallest absolute Gasteiger partial charge is 0.258 e. The molecule has 4 N–H and O–H groups in total. The van der Waals surface area contributed by atoms with Gasteiger partial charge in [-0.1, -0.05) is 111 Å². The quantitative estimate of drug-likeness (QED) is 0.0932. The van der Waals surface area contributed by atoms with E-state index in [0.29, 0.717) is 25.0 Å². The fourth-order valence-electron chi connectivity index (χ4n) is 5.93. The van der Waals surface area contributed by atoms with Crippen molar-refractivity contribution in [2.75, 3.05) is 12.4 Å². The molecule has 0 unspecified atom stereocenters. The number of pyridine rings is 1. The third kappa shape index (κ3) is 13.5. The monoisotopic (exact) mass is 710 g/mol. The SMILES string of the molecule is Cc1cccc(C)c1OCC(=O)N[C@@H](Cc1ccccc1)C[C@H](O)[C@H](Cc1ccccc1)NC(=O)[C@H](CC(C)C)NC(=O)CSc1ccccn1. The zero-order chi connectivity index (χ0) is 36.6. The van der Waals surface area contributed by atoms with Gasteiger partial charge in [-0.05, 0) is 79.8 Å². The van der Waals surface area contributed by atoms with E-state index >= 15 is 0 Å². The lowest BCUT2D eigenvalue weighted by atomic mass is 9.93. The van der Waals surface area contributed by atoms with Crippen LogP contribution < -0.4 is 20.7 Å². The van der Waals surface area contributed by atoms with Gasteiger partial charge in [-0.15, -0.1) is 0 Å². The molecule has 10 heteroatoms. The molecule has 4 aromatic rings. The molecule has 0 radical (unpaired) electrons. The molecule has 51 heavy (non-hydrogen) atoms. The molecule has 0 aliphatic carbocycles. The van der Waals surface area contributed by atoms with Gasteiger partial charge in [-0.25, -0.2) is 4.98 Å². The van der Waals surface area contributed by atoms with E-state index in [2.05, 4.69) is 20.9 Å². The van der Waals surface area contributed by atoms with Gasteiger partial charge in [-0.2, -0.15) is 0 Å². The van der Waals surface area contributed by atoms with Gasteiger partial charge in [-0.3, -0.25) is 14.4 Å². The second-order valence-electron chi connectivity index (χ2n) is 13.3. The first-order chi connectivity index (χ1) is 24.6. The normalized spacial score (nSPS) is 13.5. The molecule has 4 rings (SSSR count). The number of carbonyl (C=O) groups is 3. The highest BCUT2D eigenvalue weighted by atomic mass is 32.2. The van der Waals surface area contributed by atoms with E-state index in [4.69, 9.17) is 4.74 Å². The molecule has 270 valence electrons. The van der Waals surface area contributed by atoms with Crippen LogP contribution in [0.3, 0.4) is 0 Å². The summed E-state index contributed by atoms with van der Waals surface area (Å²) in [4.78, 5) is 44.4. The number of nitrogens with one attached hydrogen (secondary N) is 3. The van der Waals surface area contributed by atoms with Gasteiger partial charge in [0, 0.05) is 12.2 Å². The summed E-state index contributed by atoms with van der Waals surface area (Å²) >= 11 is 1.30. The largest absolute Gasteiger partial charge is 0.483 e. The summed E-state index contributed by atoms with van der Waals surface area (Å²) in [5.74, 6) is -0.0406. The Labute approximate surface area is 306 Å². The zero-order valence-electron chi connectivity index (χ0n) is 29.9. The first-order valence-corrected chi connectivity index (χ1v) is 18.4. The van der Waals surface area contributed by atoms with Crippen molar-refractivity contribution < 1.29 is 24.2 Å². The van der Waals surface area contributed by atoms with Crippen LogP contribution in [-0.4, -0.2) is 64.4 Å². The van der Waals surface area contributed by atoms with Gasteiger partial charge in [0.1, 0.15) is 11.8 Å². The number of hydrogen-bond donors (Lipinski definition) is 4. The maximum Gasteiger partial charge on any atom is 0.258 e. The standard InChI is InChI=1S/C41H50N4O5S/c1-28(2)22-35(44-38(48)27-51-39-20-11-12-21-42-39)41(49)45-34(24-32-18-9-6-10-19-32)36(46)25-33(23-31-16-7-5-8-17-31)43-37(47)26-50-40-29(3)14-13-15-30(40)4/h5-21,28,33-36,46H,22-27H2,1-4H3,(H,43,47)(H,44,48)(H,45,49)/t33-,34-,35-,36-/m0/s1. The molecule has 0 saturated heterocycles.